The molecule has 0 aliphatic carbocycles. The first kappa shape index (κ1) is 17.3. The lowest BCUT2D eigenvalue weighted by Crippen LogP contribution is -2.45. The van der Waals surface area contributed by atoms with Gasteiger partial charge in [-0.05, 0) is 30.2 Å². The second-order valence-electron chi connectivity index (χ2n) is 6.80. The van der Waals surface area contributed by atoms with Crippen molar-refractivity contribution in [1.29, 1.82) is 0 Å². The van der Waals surface area contributed by atoms with Crippen LogP contribution in [0.3, 0.4) is 0 Å². The molecule has 26 heavy (non-hydrogen) atoms. The highest BCUT2D eigenvalue weighted by atomic mass is 32.2. The zero-order valence-electron chi connectivity index (χ0n) is 15.1. The molecule has 3 aromatic rings. The van der Waals surface area contributed by atoms with Gasteiger partial charge in [0.2, 0.25) is 0 Å². The standard InChI is InChI=1S/C21H23N3OS/c1-15-11-24(12-16(2)25-15)20-10-21(23-14-22-20)26-13-18-8-5-7-17-6-3-4-9-19(17)18/h3-10,14-16H,11-13H2,1-2H3. The fourth-order valence-electron chi connectivity index (χ4n) is 3.52. The number of aromatic nitrogens is 2. The van der Waals surface area contributed by atoms with Crippen molar-refractivity contribution in [2.45, 2.75) is 36.8 Å². The van der Waals surface area contributed by atoms with Gasteiger partial charge in [-0.3, -0.25) is 0 Å². The minimum Gasteiger partial charge on any atom is -0.372 e. The van der Waals surface area contributed by atoms with Crippen molar-refractivity contribution < 1.29 is 4.74 Å². The number of benzene rings is 2. The van der Waals surface area contributed by atoms with E-state index < -0.39 is 0 Å². The summed E-state index contributed by atoms with van der Waals surface area (Å²) in [4.78, 5) is 11.2. The van der Waals surface area contributed by atoms with E-state index in [2.05, 4.69) is 77.2 Å². The lowest BCUT2D eigenvalue weighted by atomic mass is 10.1. The fourth-order valence-corrected chi connectivity index (χ4v) is 4.38. The molecule has 0 radical (unpaired) electrons. The smallest absolute Gasteiger partial charge is 0.133 e. The van der Waals surface area contributed by atoms with E-state index in [-0.39, 0.29) is 12.2 Å². The highest BCUT2D eigenvalue weighted by Crippen LogP contribution is 2.28. The molecule has 5 heteroatoms. The predicted molar refractivity (Wildman–Crippen MR) is 108 cm³/mol. The lowest BCUT2D eigenvalue weighted by molar-refractivity contribution is -0.00548. The van der Waals surface area contributed by atoms with Crippen LogP contribution < -0.4 is 4.90 Å². The van der Waals surface area contributed by atoms with E-state index >= 15 is 0 Å². The van der Waals surface area contributed by atoms with Crippen LogP contribution in [0.2, 0.25) is 0 Å². The summed E-state index contributed by atoms with van der Waals surface area (Å²) in [5.41, 5.74) is 1.34. The van der Waals surface area contributed by atoms with Crippen molar-refractivity contribution in [2.75, 3.05) is 18.0 Å². The van der Waals surface area contributed by atoms with Gasteiger partial charge in [0, 0.05) is 24.9 Å². The summed E-state index contributed by atoms with van der Waals surface area (Å²) in [6.07, 6.45) is 2.12. The van der Waals surface area contributed by atoms with Gasteiger partial charge >= 0.3 is 0 Å². The molecule has 2 atom stereocenters. The van der Waals surface area contributed by atoms with Crippen LogP contribution in [0.25, 0.3) is 10.8 Å². The third kappa shape index (κ3) is 3.84. The average molecular weight is 366 g/mol. The number of morpholine rings is 1. The Hall–Kier alpha value is -2.11. The van der Waals surface area contributed by atoms with E-state index in [0.29, 0.717) is 0 Å². The normalized spacial score (nSPS) is 20.5. The SMILES string of the molecule is CC1CN(c2cc(SCc3cccc4ccccc34)ncn2)CC(C)O1. The van der Waals surface area contributed by atoms with Crippen LogP contribution in [0.4, 0.5) is 5.82 Å². The molecule has 1 aliphatic rings. The number of thioether (sulfide) groups is 1. The van der Waals surface area contributed by atoms with Gasteiger partial charge in [0.1, 0.15) is 17.2 Å². The Labute approximate surface area is 158 Å². The Morgan fingerprint density at radius 3 is 2.65 bits per heavy atom. The summed E-state index contributed by atoms with van der Waals surface area (Å²) in [5.74, 6) is 1.88. The van der Waals surface area contributed by atoms with Gasteiger partial charge in [-0.1, -0.05) is 42.5 Å². The van der Waals surface area contributed by atoms with Crippen LogP contribution in [0.5, 0.6) is 0 Å². The van der Waals surface area contributed by atoms with Crippen molar-refractivity contribution in [1.82, 2.24) is 9.97 Å². The van der Waals surface area contributed by atoms with Crippen LogP contribution in [0, 0.1) is 0 Å². The van der Waals surface area contributed by atoms with E-state index in [1.807, 2.05) is 0 Å². The highest BCUT2D eigenvalue weighted by molar-refractivity contribution is 7.98. The quantitative estimate of drug-likeness (QED) is 0.501. The maximum atomic E-state index is 5.82. The first-order chi connectivity index (χ1) is 12.7. The zero-order chi connectivity index (χ0) is 17.9. The Balaban J connectivity index is 1.50. The summed E-state index contributed by atoms with van der Waals surface area (Å²) in [7, 11) is 0. The summed E-state index contributed by atoms with van der Waals surface area (Å²) >= 11 is 1.76. The maximum absolute atomic E-state index is 5.82. The van der Waals surface area contributed by atoms with Crippen molar-refractivity contribution in [2.24, 2.45) is 0 Å². The second-order valence-corrected chi connectivity index (χ2v) is 7.80. The molecule has 0 amide bonds. The Morgan fingerprint density at radius 2 is 1.81 bits per heavy atom. The molecule has 1 saturated heterocycles. The van der Waals surface area contributed by atoms with Crippen LogP contribution in [0.1, 0.15) is 19.4 Å². The molecule has 2 heterocycles. The van der Waals surface area contributed by atoms with Crippen LogP contribution >= 0.6 is 11.8 Å². The third-order valence-electron chi connectivity index (χ3n) is 4.63. The molecular weight excluding hydrogens is 342 g/mol. The molecule has 0 saturated carbocycles. The molecule has 2 aromatic carbocycles. The van der Waals surface area contributed by atoms with E-state index in [4.69, 9.17) is 4.74 Å². The van der Waals surface area contributed by atoms with Gasteiger partial charge in [-0.25, -0.2) is 9.97 Å². The maximum Gasteiger partial charge on any atom is 0.133 e. The zero-order valence-corrected chi connectivity index (χ0v) is 15.9. The summed E-state index contributed by atoms with van der Waals surface area (Å²) in [5, 5.41) is 3.60. The van der Waals surface area contributed by atoms with Crippen molar-refractivity contribution in [3.63, 3.8) is 0 Å². The van der Waals surface area contributed by atoms with E-state index in [0.717, 1.165) is 29.7 Å². The van der Waals surface area contributed by atoms with Gasteiger partial charge in [0.05, 0.1) is 12.2 Å². The number of ether oxygens (including phenoxy) is 1. The van der Waals surface area contributed by atoms with E-state index in [9.17, 15) is 0 Å². The number of fused-ring (bicyclic) bond motifs is 1. The Bertz CT molecular complexity index is 886. The molecule has 0 bridgehead atoms. The fraction of sp³-hybridized carbons (Fsp3) is 0.333. The monoisotopic (exact) mass is 365 g/mol. The minimum absolute atomic E-state index is 0.223. The molecule has 1 aliphatic heterocycles. The molecule has 4 nitrogen and oxygen atoms in total. The molecule has 4 rings (SSSR count). The average Bonchev–Trinajstić information content (AvgIpc) is 2.66. The first-order valence-corrected chi connectivity index (χ1v) is 9.99. The third-order valence-corrected chi connectivity index (χ3v) is 5.60. The number of rotatable bonds is 4. The van der Waals surface area contributed by atoms with Gasteiger partial charge in [0.25, 0.3) is 0 Å². The van der Waals surface area contributed by atoms with Crippen LogP contribution in [-0.2, 0) is 10.5 Å². The number of anilines is 1. The Kier molecular flexibility index (Phi) is 5.09. The van der Waals surface area contributed by atoms with E-state index in [1.165, 1.54) is 16.3 Å². The van der Waals surface area contributed by atoms with Crippen molar-refractivity contribution in [3.05, 3.63) is 60.4 Å². The minimum atomic E-state index is 0.223. The topological polar surface area (TPSA) is 38.2 Å². The Morgan fingerprint density at radius 1 is 1.04 bits per heavy atom. The van der Waals surface area contributed by atoms with Gasteiger partial charge in [-0.15, -0.1) is 11.8 Å². The largest absolute Gasteiger partial charge is 0.372 e. The molecule has 1 aromatic heterocycles. The summed E-state index contributed by atoms with van der Waals surface area (Å²) < 4.78 is 5.82. The first-order valence-electron chi connectivity index (χ1n) is 9.01. The number of nitrogens with zero attached hydrogens (tertiary/aromatic N) is 3. The highest BCUT2D eigenvalue weighted by Gasteiger charge is 2.23. The molecule has 2 unspecified atom stereocenters. The second kappa shape index (κ2) is 7.64. The number of hydrogen-bond donors (Lipinski definition) is 0. The van der Waals surface area contributed by atoms with Crippen LogP contribution in [0.15, 0.2) is 59.9 Å². The van der Waals surface area contributed by atoms with Crippen LogP contribution in [-0.4, -0.2) is 35.3 Å². The molecular formula is C21H23N3OS. The summed E-state index contributed by atoms with van der Waals surface area (Å²) in [6.45, 7) is 5.96. The van der Waals surface area contributed by atoms with E-state index in [1.54, 1.807) is 18.1 Å². The molecule has 0 spiro atoms. The predicted octanol–water partition coefficient (Wildman–Crippen LogP) is 4.54. The molecule has 134 valence electrons. The number of hydrogen-bond acceptors (Lipinski definition) is 5. The summed E-state index contributed by atoms with van der Waals surface area (Å²) in [6, 6.07) is 17.1. The molecule has 1 fully saturated rings. The van der Waals surface area contributed by atoms with Crippen molar-refractivity contribution >= 4 is 28.4 Å². The van der Waals surface area contributed by atoms with Gasteiger partial charge < -0.3 is 9.64 Å². The molecule has 0 N–H and O–H groups in total. The van der Waals surface area contributed by atoms with Gasteiger partial charge in [-0.2, -0.15) is 0 Å². The van der Waals surface area contributed by atoms with Crippen molar-refractivity contribution in [3.8, 4) is 0 Å². The van der Waals surface area contributed by atoms with Gasteiger partial charge in [0.15, 0.2) is 0 Å². The lowest BCUT2D eigenvalue weighted by Gasteiger charge is -2.36.